The van der Waals surface area contributed by atoms with E-state index in [-0.39, 0.29) is 11.3 Å². The molecule has 0 atom stereocenters. The Balaban J connectivity index is 2.17. The van der Waals surface area contributed by atoms with Crippen LogP contribution in [-0.4, -0.2) is 13.0 Å². The summed E-state index contributed by atoms with van der Waals surface area (Å²) in [5, 5.41) is 2.93. The van der Waals surface area contributed by atoms with E-state index < -0.39 is 11.7 Å². The van der Waals surface area contributed by atoms with Crippen molar-refractivity contribution in [2.45, 2.75) is 6.54 Å². The highest BCUT2D eigenvalue weighted by molar-refractivity contribution is 5.93. The number of anilines is 2. The van der Waals surface area contributed by atoms with E-state index in [0.717, 1.165) is 11.6 Å². The summed E-state index contributed by atoms with van der Waals surface area (Å²) in [7, 11) is 1.55. The third-order valence-corrected chi connectivity index (χ3v) is 3.03. The zero-order valence-corrected chi connectivity index (χ0v) is 11.5. The lowest BCUT2D eigenvalue weighted by molar-refractivity contribution is 0.1000. The van der Waals surface area contributed by atoms with Crippen LogP contribution in [0.5, 0.6) is 5.75 Å². The standard InChI is InChI=1S/C15H16FN3O2/c1-21-14-5-3-11(17)6-10(14)8-19-13-4-2-9(15(18)20)7-12(13)16/h2-7,19H,8,17H2,1H3,(H2,18,20). The fourth-order valence-electron chi connectivity index (χ4n) is 1.94. The van der Waals surface area contributed by atoms with Crippen molar-refractivity contribution >= 4 is 17.3 Å². The van der Waals surface area contributed by atoms with Crippen molar-refractivity contribution in [1.82, 2.24) is 0 Å². The number of hydrogen-bond donors (Lipinski definition) is 3. The Morgan fingerprint density at radius 3 is 2.67 bits per heavy atom. The minimum atomic E-state index is -0.669. The fourth-order valence-corrected chi connectivity index (χ4v) is 1.94. The third-order valence-electron chi connectivity index (χ3n) is 3.03. The third kappa shape index (κ3) is 3.42. The van der Waals surface area contributed by atoms with Crippen LogP contribution in [0, 0.1) is 5.82 Å². The van der Waals surface area contributed by atoms with Gasteiger partial charge in [-0.2, -0.15) is 0 Å². The maximum atomic E-state index is 13.8. The first-order valence-corrected chi connectivity index (χ1v) is 6.27. The lowest BCUT2D eigenvalue weighted by atomic mass is 10.1. The van der Waals surface area contributed by atoms with Crippen molar-refractivity contribution in [3.8, 4) is 5.75 Å². The van der Waals surface area contributed by atoms with Crippen LogP contribution >= 0.6 is 0 Å². The van der Waals surface area contributed by atoms with E-state index in [0.29, 0.717) is 18.0 Å². The van der Waals surface area contributed by atoms with Gasteiger partial charge < -0.3 is 21.5 Å². The van der Waals surface area contributed by atoms with Gasteiger partial charge in [-0.25, -0.2) is 4.39 Å². The zero-order chi connectivity index (χ0) is 15.4. The summed E-state index contributed by atoms with van der Waals surface area (Å²) in [5.41, 5.74) is 12.6. The maximum Gasteiger partial charge on any atom is 0.248 e. The topological polar surface area (TPSA) is 90.4 Å². The maximum absolute atomic E-state index is 13.8. The lowest BCUT2D eigenvalue weighted by Gasteiger charge is -2.12. The second kappa shape index (κ2) is 6.13. The summed E-state index contributed by atoms with van der Waals surface area (Å²) in [6.07, 6.45) is 0. The molecule has 21 heavy (non-hydrogen) atoms. The normalized spacial score (nSPS) is 10.2. The number of carbonyl (C=O) groups excluding carboxylic acids is 1. The van der Waals surface area contributed by atoms with Crippen LogP contribution in [0.15, 0.2) is 36.4 Å². The Morgan fingerprint density at radius 2 is 2.05 bits per heavy atom. The second-order valence-corrected chi connectivity index (χ2v) is 4.48. The Bertz CT molecular complexity index is 674. The first-order valence-electron chi connectivity index (χ1n) is 6.27. The monoisotopic (exact) mass is 289 g/mol. The molecule has 0 radical (unpaired) electrons. The van der Waals surface area contributed by atoms with Gasteiger partial charge in [0.15, 0.2) is 0 Å². The van der Waals surface area contributed by atoms with E-state index in [9.17, 15) is 9.18 Å². The van der Waals surface area contributed by atoms with Crippen molar-refractivity contribution in [3.63, 3.8) is 0 Å². The minimum Gasteiger partial charge on any atom is -0.496 e. The molecule has 0 spiro atoms. The molecule has 6 heteroatoms. The predicted octanol–water partition coefficient (Wildman–Crippen LogP) is 2.13. The number of hydrogen-bond acceptors (Lipinski definition) is 4. The molecule has 0 aromatic heterocycles. The van der Waals surface area contributed by atoms with Gasteiger partial charge >= 0.3 is 0 Å². The SMILES string of the molecule is COc1ccc(N)cc1CNc1ccc(C(N)=O)cc1F. The van der Waals surface area contributed by atoms with E-state index in [4.69, 9.17) is 16.2 Å². The van der Waals surface area contributed by atoms with Gasteiger partial charge in [-0.15, -0.1) is 0 Å². The summed E-state index contributed by atoms with van der Waals surface area (Å²) < 4.78 is 19.1. The van der Waals surface area contributed by atoms with Gasteiger partial charge in [0.2, 0.25) is 5.91 Å². The molecule has 5 N–H and O–H groups in total. The molecule has 2 aromatic rings. The zero-order valence-electron chi connectivity index (χ0n) is 11.5. The Labute approximate surface area is 121 Å². The van der Waals surface area contributed by atoms with Gasteiger partial charge in [0, 0.05) is 23.4 Å². The number of nitrogen functional groups attached to an aromatic ring is 1. The molecule has 110 valence electrons. The van der Waals surface area contributed by atoms with Crippen LogP contribution in [0.4, 0.5) is 15.8 Å². The molecule has 0 unspecified atom stereocenters. The largest absolute Gasteiger partial charge is 0.496 e. The van der Waals surface area contributed by atoms with Gasteiger partial charge in [0.1, 0.15) is 11.6 Å². The summed E-state index contributed by atoms with van der Waals surface area (Å²) in [6, 6.07) is 9.25. The highest BCUT2D eigenvalue weighted by Crippen LogP contribution is 2.23. The van der Waals surface area contributed by atoms with Crippen molar-refractivity contribution in [2.24, 2.45) is 5.73 Å². The number of nitrogens with one attached hydrogen (secondary N) is 1. The smallest absolute Gasteiger partial charge is 0.248 e. The number of ether oxygens (including phenoxy) is 1. The lowest BCUT2D eigenvalue weighted by Crippen LogP contribution is -2.12. The van der Waals surface area contributed by atoms with Crippen LogP contribution in [0.3, 0.4) is 0 Å². The number of benzene rings is 2. The first-order chi connectivity index (χ1) is 10.0. The molecular formula is C15H16FN3O2. The van der Waals surface area contributed by atoms with Crippen molar-refractivity contribution in [3.05, 3.63) is 53.3 Å². The Kier molecular flexibility index (Phi) is 4.27. The molecule has 0 aliphatic carbocycles. The highest BCUT2D eigenvalue weighted by atomic mass is 19.1. The molecule has 0 saturated carbocycles. The number of rotatable bonds is 5. The van der Waals surface area contributed by atoms with E-state index >= 15 is 0 Å². The molecule has 0 aliphatic rings. The molecular weight excluding hydrogens is 273 g/mol. The average molecular weight is 289 g/mol. The molecule has 2 rings (SSSR count). The van der Waals surface area contributed by atoms with E-state index in [1.54, 1.807) is 25.3 Å². The van der Waals surface area contributed by atoms with Gasteiger partial charge in [0.05, 0.1) is 12.8 Å². The molecule has 0 fully saturated rings. The Morgan fingerprint density at radius 1 is 1.29 bits per heavy atom. The van der Waals surface area contributed by atoms with Gasteiger partial charge in [0.25, 0.3) is 0 Å². The minimum absolute atomic E-state index is 0.125. The van der Waals surface area contributed by atoms with Gasteiger partial charge in [-0.1, -0.05) is 0 Å². The summed E-state index contributed by atoms with van der Waals surface area (Å²) in [5.74, 6) is -0.557. The van der Waals surface area contributed by atoms with Crippen LogP contribution in [0.1, 0.15) is 15.9 Å². The van der Waals surface area contributed by atoms with Crippen LogP contribution in [0.2, 0.25) is 0 Å². The molecule has 1 amide bonds. The molecule has 2 aromatic carbocycles. The predicted molar refractivity (Wildman–Crippen MR) is 79.7 cm³/mol. The molecule has 0 bridgehead atoms. The van der Waals surface area contributed by atoms with Gasteiger partial charge in [-0.05, 0) is 36.4 Å². The summed E-state index contributed by atoms with van der Waals surface area (Å²) in [6.45, 7) is 0.334. The van der Waals surface area contributed by atoms with E-state index in [1.807, 2.05) is 0 Å². The number of carbonyl (C=O) groups is 1. The Hall–Kier alpha value is -2.76. The van der Waals surface area contributed by atoms with Crippen LogP contribution in [-0.2, 0) is 6.54 Å². The fraction of sp³-hybridized carbons (Fsp3) is 0.133. The van der Waals surface area contributed by atoms with E-state index in [1.165, 1.54) is 12.1 Å². The van der Waals surface area contributed by atoms with Crippen LogP contribution in [0.25, 0.3) is 0 Å². The highest BCUT2D eigenvalue weighted by Gasteiger charge is 2.08. The number of amides is 1. The van der Waals surface area contributed by atoms with Crippen molar-refractivity contribution in [1.29, 1.82) is 0 Å². The van der Waals surface area contributed by atoms with Gasteiger partial charge in [-0.3, -0.25) is 4.79 Å². The number of methoxy groups -OCH3 is 1. The molecule has 0 aliphatic heterocycles. The van der Waals surface area contributed by atoms with Crippen molar-refractivity contribution in [2.75, 3.05) is 18.2 Å². The molecule has 5 nitrogen and oxygen atoms in total. The molecule has 0 saturated heterocycles. The number of nitrogens with two attached hydrogens (primary N) is 2. The quantitative estimate of drug-likeness (QED) is 0.735. The average Bonchev–Trinajstić information content (AvgIpc) is 2.46. The van der Waals surface area contributed by atoms with E-state index in [2.05, 4.69) is 5.32 Å². The summed E-state index contributed by atoms with van der Waals surface area (Å²) in [4.78, 5) is 11.0. The number of halogens is 1. The molecule has 0 heterocycles. The van der Waals surface area contributed by atoms with Crippen molar-refractivity contribution < 1.29 is 13.9 Å². The number of primary amides is 1. The second-order valence-electron chi connectivity index (χ2n) is 4.48. The first kappa shape index (κ1) is 14.6. The van der Waals surface area contributed by atoms with Crippen LogP contribution < -0.4 is 21.5 Å². The summed E-state index contributed by atoms with van der Waals surface area (Å²) >= 11 is 0.